The molecule has 1 aromatic carbocycles. The van der Waals surface area contributed by atoms with Crippen LogP contribution in [-0.4, -0.2) is 67.5 Å². The van der Waals surface area contributed by atoms with E-state index in [2.05, 4.69) is 22.2 Å². The Morgan fingerprint density at radius 1 is 1.28 bits per heavy atom. The van der Waals surface area contributed by atoms with E-state index in [-0.39, 0.29) is 0 Å². The van der Waals surface area contributed by atoms with Crippen LogP contribution in [0, 0.1) is 0 Å². The van der Waals surface area contributed by atoms with Gasteiger partial charge in [0.1, 0.15) is 5.75 Å². The van der Waals surface area contributed by atoms with Crippen LogP contribution in [0.5, 0.6) is 5.75 Å². The molecule has 0 bridgehead atoms. The van der Waals surface area contributed by atoms with E-state index in [1.54, 1.807) is 7.11 Å². The maximum absolute atomic E-state index is 5.76. The van der Waals surface area contributed by atoms with E-state index in [1.807, 2.05) is 24.3 Å². The fourth-order valence-corrected chi connectivity index (χ4v) is 3.95. The molecule has 5 nitrogen and oxygen atoms in total. The van der Waals surface area contributed by atoms with Crippen LogP contribution in [0.25, 0.3) is 0 Å². The Morgan fingerprint density at radius 3 is 2.60 bits per heavy atom. The van der Waals surface area contributed by atoms with Crippen molar-refractivity contribution in [2.75, 3.05) is 45.7 Å². The van der Waals surface area contributed by atoms with Crippen molar-refractivity contribution in [1.29, 1.82) is 0 Å². The number of likely N-dealkylation sites (tertiary alicyclic amines) is 1. The van der Waals surface area contributed by atoms with Gasteiger partial charge in [-0.25, -0.2) is 0 Å². The maximum atomic E-state index is 5.76. The number of methoxy groups -OCH3 is 1. The number of anilines is 1. The number of piperidine rings is 1. The lowest BCUT2D eigenvalue weighted by Gasteiger charge is -2.38. The molecule has 0 spiro atoms. The standard InChI is InChI=1S/C19H29N3O2S/c1-21(14-18-4-3-13-24-18)16-9-11-22(12-10-16)19(25)20-15-5-7-17(23-2)8-6-15/h5-8,16,18H,3-4,9-14H2,1-2H3,(H,20,25)/t18-/m1/s1. The monoisotopic (exact) mass is 363 g/mol. The lowest BCUT2D eigenvalue weighted by molar-refractivity contribution is 0.0576. The second-order valence-corrected chi connectivity index (χ2v) is 7.34. The smallest absolute Gasteiger partial charge is 0.173 e. The molecule has 1 aromatic rings. The first kappa shape index (κ1) is 18.4. The summed E-state index contributed by atoms with van der Waals surface area (Å²) in [6.45, 7) is 3.99. The van der Waals surface area contributed by atoms with Gasteiger partial charge in [0, 0.05) is 38.0 Å². The highest BCUT2D eigenvalue weighted by atomic mass is 32.1. The first-order valence-electron chi connectivity index (χ1n) is 9.17. The van der Waals surface area contributed by atoms with Crippen LogP contribution in [0.4, 0.5) is 5.69 Å². The first-order chi connectivity index (χ1) is 12.2. The molecule has 25 heavy (non-hydrogen) atoms. The van der Waals surface area contributed by atoms with Crippen molar-refractivity contribution in [3.8, 4) is 5.75 Å². The maximum Gasteiger partial charge on any atom is 0.173 e. The van der Waals surface area contributed by atoms with Crippen molar-refractivity contribution >= 4 is 23.0 Å². The number of benzene rings is 1. The van der Waals surface area contributed by atoms with Gasteiger partial charge < -0.3 is 24.6 Å². The zero-order chi connectivity index (χ0) is 17.6. The topological polar surface area (TPSA) is 37.0 Å². The molecule has 2 heterocycles. The van der Waals surface area contributed by atoms with Gasteiger partial charge >= 0.3 is 0 Å². The van der Waals surface area contributed by atoms with E-state index in [4.69, 9.17) is 21.7 Å². The number of likely N-dealkylation sites (N-methyl/N-ethyl adjacent to an activating group) is 1. The highest BCUT2D eigenvalue weighted by Crippen LogP contribution is 2.21. The van der Waals surface area contributed by atoms with Gasteiger partial charge in [0.05, 0.1) is 13.2 Å². The molecule has 2 fully saturated rings. The average Bonchev–Trinajstić information content (AvgIpc) is 3.15. The summed E-state index contributed by atoms with van der Waals surface area (Å²) in [6.07, 6.45) is 5.14. The van der Waals surface area contributed by atoms with E-state index >= 15 is 0 Å². The number of nitrogens with one attached hydrogen (secondary N) is 1. The molecule has 3 rings (SSSR count). The Bertz CT molecular complexity index is 552. The molecular weight excluding hydrogens is 334 g/mol. The largest absolute Gasteiger partial charge is 0.497 e. The summed E-state index contributed by atoms with van der Waals surface area (Å²) >= 11 is 5.59. The summed E-state index contributed by atoms with van der Waals surface area (Å²) in [5.74, 6) is 0.853. The van der Waals surface area contributed by atoms with Crippen LogP contribution in [0.15, 0.2) is 24.3 Å². The van der Waals surface area contributed by atoms with E-state index in [0.717, 1.165) is 55.6 Å². The van der Waals surface area contributed by atoms with Gasteiger partial charge in [-0.2, -0.15) is 0 Å². The quantitative estimate of drug-likeness (QED) is 0.811. The summed E-state index contributed by atoms with van der Waals surface area (Å²) in [4.78, 5) is 4.75. The summed E-state index contributed by atoms with van der Waals surface area (Å²) in [5.41, 5.74) is 1.00. The lowest BCUT2D eigenvalue weighted by Crippen LogP contribution is -2.48. The molecular formula is C19H29N3O2S. The van der Waals surface area contributed by atoms with Crippen molar-refractivity contribution in [3.05, 3.63) is 24.3 Å². The molecule has 138 valence electrons. The summed E-state index contributed by atoms with van der Waals surface area (Å²) in [5, 5.41) is 4.14. The molecule has 1 N–H and O–H groups in total. The number of ether oxygens (including phenoxy) is 2. The fourth-order valence-electron chi connectivity index (χ4n) is 3.65. The highest BCUT2D eigenvalue weighted by molar-refractivity contribution is 7.80. The molecule has 2 aliphatic heterocycles. The molecule has 0 radical (unpaired) electrons. The highest BCUT2D eigenvalue weighted by Gasteiger charge is 2.26. The molecule has 6 heteroatoms. The van der Waals surface area contributed by atoms with Crippen molar-refractivity contribution in [2.24, 2.45) is 0 Å². The van der Waals surface area contributed by atoms with Gasteiger partial charge in [0.15, 0.2) is 5.11 Å². The summed E-state index contributed by atoms with van der Waals surface area (Å²) in [7, 11) is 3.91. The zero-order valence-electron chi connectivity index (χ0n) is 15.2. The van der Waals surface area contributed by atoms with Gasteiger partial charge in [0.2, 0.25) is 0 Å². The molecule has 0 saturated carbocycles. The van der Waals surface area contributed by atoms with Gasteiger partial charge in [-0.05, 0) is 69.2 Å². The first-order valence-corrected chi connectivity index (χ1v) is 9.58. The predicted octanol–water partition coefficient (Wildman–Crippen LogP) is 2.97. The Morgan fingerprint density at radius 2 is 2.00 bits per heavy atom. The van der Waals surface area contributed by atoms with Crippen LogP contribution in [0.1, 0.15) is 25.7 Å². The Kier molecular flexibility index (Phi) is 6.51. The number of nitrogens with zero attached hydrogens (tertiary/aromatic N) is 2. The van der Waals surface area contributed by atoms with Gasteiger partial charge in [-0.15, -0.1) is 0 Å². The third-order valence-corrected chi connectivity index (χ3v) is 5.59. The van der Waals surface area contributed by atoms with Gasteiger partial charge in [-0.1, -0.05) is 0 Å². The normalized spacial score (nSPS) is 21.6. The molecule has 2 saturated heterocycles. The molecule has 2 aliphatic rings. The third kappa shape index (κ3) is 5.06. The van der Waals surface area contributed by atoms with Crippen LogP contribution in [0.3, 0.4) is 0 Å². The Labute approximate surface area is 156 Å². The van der Waals surface area contributed by atoms with E-state index in [9.17, 15) is 0 Å². The van der Waals surface area contributed by atoms with E-state index in [1.165, 1.54) is 12.8 Å². The SMILES string of the molecule is COc1ccc(NC(=S)N2CCC(N(C)C[C@H]3CCCO3)CC2)cc1. The van der Waals surface area contributed by atoms with Gasteiger partial charge in [-0.3, -0.25) is 0 Å². The fraction of sp³-hybridized carbons (Fsp3) is 0.632. The van der Waals surface area contributed by atoms with Crippen LogP contribution in [-0.2, 0) is 4.74 Å². The van der Waals surface area contributed by atoms with Gasteiger partial charge in [0.25, 0.3) is 0 Å². The molecule has 0 aromatic heterocycles. The second-order valence-electron chi connectivity index (χ2n) is 6.95. The minimum absolute atomic E-state index is 0.431. The molecule has 1 atom stereocenters. The zero-order valence-corrected chi connectivity index (χ0v) is 16.1. The van der Waals surface area contributed by atoms with Crippen molar-refractivity contribution < 1.29 is 9.47 Å². The van der Waals surface area contributed by atoms with Crippen molar-refractivity contribution in [1.82, 2.24) is 9.80 Å². The Balaban J connectivity index is 1.43. The van der Waals surface area contributed by atoms with Crippen LogP contribution in [0.2, 0.25) is 0 Å². The minimum atomic E-state index is 0.431. The second kappa shape index (κ2) is 8.83. The van der Waals surface area contributed by atoms with Crippen molar-refractivity contribution in [2.45, 2.75) is 37.8 Å². The molecule has 0 unspecified atom stereocenters. The van der Waals surface area contributed by atoms with E-state index < -0.39 is 0 Å². The third-order valence-electron chi connectivity index (χ3n) is 5.23. The van der Waals surface area contributed by atoms with Crippen LogP contribution >= 0.6 is 12.2 Å². The van der Waals surface area contributed by atoms with Crippen molar-refractivity contribution in [3.63, 3.8) is 0 Å². The predicted molar refractivity (Wildman–Crippen MR) is 105 cm³/mol. The summed E-state index contributed by atoms with van der Waals surface area (Å²) < 4.78 is 11.0. The lowest BCUT2D eigenvalue weighted by atomic mass is 10.0. The Hall–Kier alpha value is -1.37. The number of rotatable bonds is 5. The average molecular weight is 364 g/mol. The van der Waals surface area contributed by atoms with Crippen LogP contribution < -0.4 is 10.1 Å². The number of hydrogen-bond donors (Lipinski definition) is 1. The number of thiocarbonyl (C=S) groups is 1. The minimum Gasteiger partial charge on any atom is -0.497 e. The molecule has 0 aliphatic carbocycles. The number of hydrogen-bond acceptors (Lipinski definition) is 4. The summed E-state index contributed by atoms with van der Waals surface area (Å²) in [6, 6.07) is 8.50. The molecule has 0 amide bonds. The van der Waals surface area contributed by atoms with E-state index in [0.29, 0.717) is 12.1 Å².